The largest absolute Gasteiger partial charge is 0.482 e. The molecule has 1 N–H and O–H groups in total. The lowest BCUT2D eigenvalue weighted by atomic mass is 10.1. The van der Waals surface area contributed by atoms with E-state index in [-0.39, 0.29) is 6.10 Å². The number of aromatic amines is 1. The zero-order chi connectivity index (χ0) is 10.3. The van der Waals surface area contributed by atoms with E-state index in [1.165, 1.54) is 5.56 Å². The van der Waals surface area contributed by atoms with Gasteiger partial charge in [-0.2, -0.15) is 5.10 Å². The third kappa shape index (κ3) is 1.45. The third-order valence-electron chi connectivity index (χ3n) is 2.58. The Kier molecular flexibility index (Phi) is 2.02. The molecule has 0 fully saturated rings. The molecule has 0 spiro atoms. The van der Waals surface area contributed by atoms with Gasteiger partial charge >= 0.3 is 0 Å². The Labute approximate surface area is 95.6 Å². The zero-order valence-corrected chi connectivity index (χ0v) is 9.49. The molecule has 2 aromatic rings. The van der Waals surface area contributed by atoms with Crippen LogP contribution in [0.5, 0.6) is 5.75 Å². The van der Waals surface area contributed by atoms with Gasteiger partial charge in [0.2, 0.25) is 0 Å². The maximum atomic E-state index is 5.86. The smallest absolute Gasteiger partial charge is 0.144 e. The molecule has 0 saturated carbocycles. The molecule has 0 aliphatic carbocycles. The Hall–Kier alpha value is -1.29. The van der Waals surface area contributed by atoms with E-state index in [2.05, 4.69) is 32.2 Å². The van der Waals surface area contributed by atoms with Crippen molar-refractivity contribution in [2.75, 3.05) is 0 Å². The Bertz CT molecular complexity index is 481. The number of ether oxygens (including phenoxy) is 1. The summed E-state index contributed by atoms with van der Waals surface area (Å²) in [5.74, 6) is 0.956. The van der Waals surface area contributed by atoms with Crippen molar-refractivity contribution in [2.45, 2.75) is 12.5 Å². The first kappa shape index (κ1) is 8.97. The van der Waals surface area contributed by atoms with Gasteiger partial charge in [0, 0.05) is 12.6 Å². The molecule has 1 aliphatic heterocycles. The first-order valence-electron chi connectivity index (χ1n) is 4.78. The Morgan fingerprint density at radius 1 is 1.40 bits per heavy atom. The van der Waals surface area contributed by atoms with Crippen LogP contribution in [0, 0.1) is 0 Å². The van der Waals surface area contributed by atoms with Crippen LogP contribution in [-0.4, -0.2) is 10.2 Å². The van der Waals surface area contributed by atoms with E-state index in [0.717, 1.165) is 22.3 Å². The second-order valence-corrected chi connectivity index (χ2v) is 4.41. The van der Waals surface area contributed by atoms with E-state index in [1.807, 2.05) is 18.2 Å². The summed E-state index contributed by atoms with van der Waals surface area (Å²) in [5.41, 5.74) is 2.27. The maximum Gasteiger partial charge on any atom is 0.144 e. The van der Waals surface area contributed by atoms with Crippen LogP contribution in [0.1, 0.15) is 17.4 Å². The first-order chi connectivity index (χ1) is 7.34. The number of aromatic nitrogens is 2. The number of nitrogens with one attached hydrogen (secondary N) is 1. The molecule has 0 amide bonds. The van der Waals surface area contributed by atoms with Gasteiger partial charge in [0.05, 0.1) is 10.2 Å². The zero-order valence-electron chi connectivity index (χ0n) is 7.90. The number of fused-ring (bicyclic) bond motifs is 1. The summed E-state index contributed by atoms with van der Waals surface area (Å²) in [6, 6.07) is 8.07. The molecule has 0 bridgehead atoms. The number of hydrogen-bond donors (Lipinski definition) is 1. The van der Waals surface area contributed by atoms with Crippen molar-refractivity contribution in [2.24, 2.45) is 0 Å². The number of rotatable bonds is 1. The molecule has 4 heteroatoms. The minimum atomic E-state index is 0.0706. The van der Waals surface area contributed by atoms with E-state index in [4.69, 9.17) is 4.74 Å². The second-order valence-electron chi connectivity index (χ2n) is 3.55. The van der Waals surface area contributed by atoms with Gasteiger partial charge < -0.3 is 4.74 Å². The lowest BCUT2D eigenvalue weighted by Gasteiger charge is -2.08. The highest BCUT2D eigenvalue weighted by molar-refractivity contribution is 9.10. The summed E-state index contributed by atoms with van der Waals surface area (Å²) in [4.78, 5) is 0. The fraction of sp³-hybridized carbons (Fsp3) is 0.182. The summed E-state index contributed by atoms with van der Waals surface area (Å²) >= 11 is 3.49. The minimum absolute atomic E-state index is 0.0706. The normalized spacial score (nSPS) is 18.6. The van der Waals surface area contributed by atoms with Crippen molar-refractivity contribution in [3.8, 4) is 5.75 Å². The lowest BCUT2D eigenvalue weighted by molar-refractivity contribution is 0.232. The summed E-state index contributed by atoms with van der Waals surface area (Å²) in [6.07, 6.45) is 2.72. The molecule has 1 aromatic heterocycles. The molecule has 0 radical (unpaired) electrons. The van der Waals surface area contributed by atoms with E-state index in [9.17, 15) is 0 Å². The number of hydrogen-bond acceptors (Lipinski definition) is 2. The quantitative estimate of drug-likeness (QED) is 0.860. The Balaban J connectivity index is 1.96. The van der Waals surface area contributed by atoms with Gasteiger partial charge in [-0.15, -0.1) is 0 Å². The lowest BCUT2D eigenvalue weighted by Crippen LogP contribution is -2.03. The van der Waals surface area contributed by atoms with Crippen LogP contribution in [0.2, 0.25) is 0 Å². The highest BCUT2D eigenvalue weighted by atomic mass is 79.9. The highest BCUT2D eigenvalue weighted by Crippen LogP contribution is 2.40. The Morgan fingerprint density at radius 3 is 3.07 bits per heavy atom. The van der Waals surface area contributed by atoms with Gasteiger partial charge in [0.15, 0.2) is 0 Å². The van der Waals surface area contributed by atoms with Crippen molar-refractivity contribution in [1.29, 1.82) is 0 Å². The van der Waals surface area contributed by atoms with Crippen LogP contribution in [-0.2, 0) is 6.42 Å². The molecular formula is C11H9BrN2O. The predicted octanol–water partition coefficient (Wildman–Crippen LogP) is 2.85. The average Bonchev–Trinajstić information content (AvgIpc) is 2.86. The Morgan fingerprint density at radius 2 is 2.33 bits per heavy atom. The van der Waals surface area contributed by atoms with Crippen molar-refractivity contribution < 1.29 is 4.74 Å². The van der Waals surface area contributed by atoms with E-state index < -0.39 is 0 Å². The molecule has 3 rings (SSSR count). The molecule has 15 heavy (non-hydrogen) atoms. The van der Waals surface area contributed by atoms with Crippen LogP contribution >= 0.6 is 15.9 Å². The van der Waals surface area contributed by atoms with Crippen LogP contribution in [0.4, 0.5) is 0 Å². The van der Waals surface area contributed by atoms with Gasteiger partial charge in [-0.3, -0.25) is 5.10 Å². The SMILES string of the molecule is Brc1cccc2c1OC(c1ccn[nH]1)C2. The van der Waals surface area contributed by atoms with Gasteiger partial charge in [0.1, 0.15) is 11.9 Å². The fourth-order valence-electron chi connectivity index (χ4n) is 1.85. The van der Waals surface area contributed by atoms with Gasteiger partial charge in [-0.25, -0.2) is 0 Å². The fourth-order valence-corrected chi connectivity index (χ4v) is 2.35. The first-order valence-corrected chi connectivity index (χ1v) is 5.57. The molecule has 1 aromatic carbocycles. The van der Waals surface area contributed by atoms with Crippen molar-refractivity contribution >= 4 is 15.9 Å². The monoisotopic (exact) mass is 264 g/mol. The highest BCUT2D eigenvalue weighted by Gasteiger charge is 2.26. The standard InChI is InChI=1S/C11H9BrN2O/c12-8-3-1-2-7-6-10(15-11(7)8)9-4-5-13-14-9/h1-5,10H,6H2,(H,13,14). The topological polar surface area (TPSA) is 37.9 Å². The third-order valence-corrected chi connectivity index (χ3v) is 3.21. The van der Waals surface area contributed by atoms with Crippen LogP contribution < -0.4 is 4.74 Å². The van der Waals surface area contributed by atoms with Crippen LogP contribution in [0.15, 0.2) is 34.9 Å². The molecule has 1 aliphatic rings. The summed E-state index contributed by atoms with van der Waals surface area (Å²) in [6.45, 7) is 0. The molecule has 1 atom stereocenters. The summed E-state index contributed by atoms with van der Waals surface area (Å²) in [5, 5.41) is 6.88. The minimum Gasteiger partial charge on any atom is -0.482 e. The molecule has 76 valence electrons. The number of nitrogens with zero attached hydrogens (tertiary/aromatic N) is 1. The van der Waals surface area contributed by atoms with E-state index in [0.29, 0.717) is 0 Å². The number of H-pyrrole nitrogens is 1. The number of benzene rings is 1. The summed E-state index contributed by atoms with van der Waals surface area (Å²) < 4.78 is 6.88. The molecule has 0 saturated heterocycles. The average molecular weight is 265 g/mol. The van der Waals surface area contributed by atoms with Crippen molar-refractivity contribution in [3.63, 3.8) is 0 Å². The van der Waals surface area contributed by atoms with Crippen molar-refractivity contribution in [1.82, 2.24) is 10.2 Å². The molecular weight excluding hydrogens is 256 g/mol. The molecule has 2 heterocycles. The van der Waals surface area contributed by atoms with E-state index in [1.54, 1.807) is 6.20 Å². The van der Waals surface area contributed by atoms with Gasteiger partial charge in [0.25, 0.3) is 0 Å². The second kappa shape index (κ2) is 3.38. The van der Waals surface area contributed by atoms with Gasteiger partial charge in [-0.1, -0.05) is 12.1 Å². The number of halogens is 1. The summed E-state index contributed by atoms with van der Waals surface area (Å²) in [7, 11) is 0. The predicted molar refractivity (Wildman–Crippen MR) is 59.8 cm³/mol. The van der Waals surface area contributed by atoms with Crippen molar-refractivity contribution in [3.05, 3.63) is 46.2 Å². The molecule has 1 unspecified atom stereocenters. The maximum absolute atomic E-state index is 5.86. The number of para-hydroxylation sites is 1. The van der Waals surface area contributed by atoms with Crippen LogP contribution in [0.3, 0.4) is 0 Å². The molecule has 3 nitrogen and oxygen atoms in total. The van der Waals surface area contributed by atoms with Crippen LogP contribution in [0.25, 0.3) is 0 Å². The van der Waals surface area contributed by atoms with Gasteiger partial charge in [-0.05, 0) is 33.6 Å². The van der Waals surface area contributed by atoms with E-state index >= 15 is 0 Å².